The Morgan fingerprint density at radius 3 is 3.00 bits per heavy atom. The molecule has 0 spiro atoms. The second-order valence-corrected chi connectivity index (χ2v) is 5.26. The normalized spacial score (nSPS) is 12.9. The molecule has 1 N–H and O–H groups in total. The maximum absolute atomic E-state index is 5.87. The Morgan fingerprint density at radius 1 is 1.47 bits per heavy atom. The predicted molar refractivity (Wildman–Crippen MR) is 68.0 cm³/mol. The maximum atomic E-state index is 5.87. The van der Waals surface area contributed by atoms with Gasteiger partial charge in [-0.15, -0.1) is 11.6 Å². The zero-order chi connectivity index (χ0) is 10.7. The van der Waals surface area contributed by atoms with Gasteiger partial charge in [-0.25, -0.2) is 4.98 Å². The monoisotopic (exact) mass is 240 g/mol. The van der Waals surface area contributed by atoms with Crippen LogP contribution in [0.3, 0.4) is 0 Å². The van der Waals surface area contributed by atoms with Crippen molar-refractivity contribution >= 4 is 38.3 Å². The summed E-state index contributed by atoms with van der Waals surface area (Å²) in [7, 11) is 0. The fourth-order valence-electron chi connectivity index (χ4n) is 1.33. The molecule has 1 aromatic heterocycles. The molecule has 1 atom stereocenters. The van der Waals surface area contributed by atoms with Crippen LogP contribution in [0.5, 0.6) is 0 Å². The number of aromatic nitrogens is 1. The van der Waals surface area contributed by atoms with Crippen molar-refractivity contribution < 1.29 is 0 Å². The first-order valence-corrected chi connectivity index (χ1v) is 6.24. The Labute approximate surface area is 98.3 Å². The lowest BCUT2D eigenvalue weighted by molar-refractivity contribution is 0.842. The Balaban J connectivity index is 2.03. The van der Waals surface area contributed by atoms with Crippen LogP contribution >= 0.6 is 22.9 Å². The molecule has 0 fully saturated rings. The fourth-order valence-corrected chi connectivity index (χ4v) is 2.33. The third kappa shape index (κ3) is 2.83. The second kappa shape index (κ2) is 4.81. The van der Waals surface area contributed by atoms with E-state index in [0.29, 0.717) is 0 Å². The fraction of sp³-hybridized carbons (Fsp3) is 0.364. The molecule has 0 aliphatic carbocycles. The summed E-state index contributed by atoms with van der Waals surface area (Å²) < 4.78 is 1.22. The summed E-state index contributed by atoms with van der Waals surface area (Å²) in [4.78, 5) is 4.47. The summed E-state index contributed by atoms with van der Waals surface area (Å²) in [5, 5.41) is 4.48. The number of hydrogen-bond donors (Lipinski definition) is 1. The zero-order valence-electron chi connectivity index (χ0n) is 8.53. The number of anilines is 1. The first-order chi connectivity index (χ1) is 7.25. The third-order valence-electron chi connectivity index (χ3n) is 2.11. The molecular formula is C11H13ClN2S. The molecule has 1 aromatic carbocycles. The van der Waals surface area contributed by atoms with Crippen molar-refractivity contribution in [2.45, 2.75) is 18.7 Å². The van der Waals surface area contributed by atoms with Crippen molar-refractivity contribution in [2.75, 3.05) is 11.9 Å². The van der Waals surface area contributed by atoms with E-state index in [0.717, 1.165) is 23.6 Å². The molecule has 0 radical (unpaired) electrons. The highest BCUT2D eigenvalue weighted by atomic mass is 35.5. The van der Waals surface area contributed by atoms with Crippen molar-refractivity contribution in [1.29, 1.82) is 0 Å². The van der Waals surface area contributed by atoms with Crippen LogP contribution in [0.25, 0.3) is 10.2 Å². The number of halogens is 1. The van der Waals surface area contributed by atoms with E-state index in [1.54, 1.807) is 11.3 Å². The molecule has 0 saturated carbocycles. The number of alkyl halides is 1. The largest absolute Gasteiger partial charge is 0.361 e. The second-order valence-electron chi connectivity index (χ2n) is 3.48. The molecule has 1 unspecified atom stereocenters. The van der Waals surface area contributed by atoms with Crippen molar-refractivity contribution in [3.05, 3.63) is 24.3 Å². The Morgan fingerprint density at radius 2 is 2.27 bits per heavy atom. The molecule has 2 aromatic rings. The highest BCUT2D eigenvalue weighted by molar-refractivity contribution is 7.22. The van der Waals surface area contributed by atoms with E-state index in [-0.39, 0.29) is 5.38 Å². The average molecular weight is 241 g/mol. The highest BCUT2D eigenvalue weighted by Crippen LogP contribution is 2.25. The van der Waals surface area contributed by atoms with E-state index in [1.165, 1.54) is 4.70 Å². The molecule has 4 heteroatoms. The van der Waals surface area contributed by atoms with Crippen molar-refractivity contribution in [3.63, 3.8) is 0 Å². The molecule has 2 rings (SSSR count). The highest BCUT2D eigenvalue weighted by Gasteiger charge is 2.02. The zero-order valence-corrected chi connectivity index (χ0v) is 10.1. The van der Waals surface area contributed by atoms with Crippen molar-refractivity contribution in [2.24, 2.45) is 0 Å². The molecule has 15 heavy (non-hydrogen) atoms. The lowest BCUT2D eigenvalue weighted by Gasteiger charge is -2.02. The smallest absolute Gasteiger partial charge is 0.183 e. The topological polar surface area (TPSA) is 24.9 Å². The number of fused-ring (bicyclic) bond motifs is 1. The van der Waals surface area contributed by atoms with Crippen LogP contribution in [0, 0.1) is 0 Å². The van der Waals surface area contributed by atoms with E-state index in [2.05, 4.69) is 16.4 Å². The summed E-state index contributed by atoms with van der Waals surface area (Å²) >= 11 is 7.55. The number of para-hydroxylation sites is 1. The van der Waals surface area contributed by atoms with E-state index < -0.39 is 0 Å². The van der Waals surface area contributed by atoms with Gasteiger partial charge >= 0.3 is 0 Å². The van der Waals surface area contributed by atoms with E-state index in [1.807, 2.05) is 25.1 Å². The number of thiazole rings is 1. The summed E-state index contributed by atoms with van der Waals surface area (Å²) in [5.74, 6) is 0. The van der Waals surface area contributed by atoms with Gasteiger partial charge in [0.05, 0.1) is 10.2 Å². The first-order valence-electron chi connectivity index (χ1n) is 4.99. The van der Waals surface area contributed by atoms with Gasteiger partial charge in [-0.2, -0.15) is 0 Å². The summed E-state index contributed by atoms with van der Waals surface area (Å²) in [6, 6.07) is 8.15. The van der Waals surface area contributed by atoms with Crippen LogP contribution in [0.15, 0.2) is 24.3 Å². The van der Waals surface area contributed by atoms with Crippen LogP contribution in [-0.4, -0.2) is 16.9 Å². The third-order valence-corrected chi connectivity index (χ3v) is 3.32. The van der Waals surface area contributed by atoms with E-state index >= 15 is 0 Å². The lowest BCUT2D eigenvalue weighted by Crippen LogP contribution is -2.05. The Hall–Kier alpha value is -0.800. The predicted octanol–water partition coefficient (Wildman–Crippen LogP) is 3.73. The molecule has 0 saturated heterocycles. The minimum absolute atomic E-state index is 0.215. The molecule has 2 nitrogen and oxygen atoms in total. The van der Waals surface area contributed by atoms with Gasteiger partial charge in [-0.05, 0) is 25.5 Å². The molecule has 80 valence electrons. The van der Waals surface area contributed by atoms with Crippen LogP contribution in [-0.2, 0) is 0 Å². The molecule has 0 aliphatic heterocycles. The molecule has 1 heterocycles. The molecule has 0 aliphatic rings. The number of nitrogens with zero attached hydrogens (tertiary/aromatic N) is 1. The standard InChI is InChI=1S/C11H13ClN2S/c1-8(12)6-7-13-11-14-9-4-2-3-5-10(9)15-11/h2-5,8H,6-7H2,1H3,(H,13,14). The average Bonchev–Trinajstić information content (AvgIpc) is 2.59. The van der Waals surface area contributed by atoms with Crippen LogP contribution < -0.4 is 5.32 Å². The van der Waals surface area contributed by atoms with Gasteiger partial charge in [0, 0.05) is 11.9 Å². The Kier molecular flexibility index (Phi) is 3.44. The number of hydrogen-bond acceptors (Lipinski definition) is 3. The van der Waals surface area contributed by atoms with E-state index in [4.69, 9.17) is 11.6 Å². The SMILES string of the molecule is CC(Cl)CCNc1nc2ccccc2s1. The van der Waals surface area contributed by atoms with Gasteiger partial charge in [-0.1, -0.05) is 23.5 Å². The molecular weight excluding hydrogens is 228 g/mol. The minimum atomic E-state index is 0.215. The number of benzene rings is 1. The number of rotatable bonds is 4. The first kappa shape index (κ1) is 10.7. The van der Waals surface area contributed by atoms with Gasteiger partial charge in [0.2, 0.25) is 0 Å². The van der Waals surface area contributed by atoms with Gasteiger partial charge in [-0.3, -0.25) is 0 Å². The van der Waals surface area contributed by atoms with Crippen molar-refractivity contribution in [1.82, 2.24) is 4.98 Å². The lowest BCUT2D eigenvalue weighted by atomic mass is 10.3. The summed E-state index contributed by atoms with van der Waals surface area (Å²) in [6.07, 6.45) is 0.956. The minimum Gasteiger partial charge on any atom is -0.361 e. The van der Waals surface area contributed by atoms with Crippen LogP contribution in [0.2, 0.25) is 0 Å². The van der Waals surface area contributed by atoms with Gasteiger partial charge in [0.25, 0.3) is 0 Å². The summed E-state index contributed by atoms with van der Waals surface area (Å²) in [6.45, 7) is 2.88. The van der Waals surface area contributed by atoms with Gasteiger partial charge in [0.1, 0.15) is 0 Å². The molecule has 0 bridgehead atoms. The number of nitrogens with one attached hydrogen (secondary N) is 1. The maximum Gasteiger partial charge on any atom is 0.183 e. The Bertz CT molecular complexity index is 406. The van der Waals surface area contributed by atoms with Gasteiger partial charge < -0.3 is 5.32 Å². The van der Waals surface area contributed by atoms with E-state index in [9.17, 15) is 0 Å². The summed E-state index contributed by atoms with van der Waals surface area (Å²) in [5.41, 5.74) is 1.06. The van der Waals surface area contributed by atoms with Crippen molar-refractivity contribution in [3.8, 4) is 0 Å². The van der Waals surface area contributed by atoms with Crippen LogP contribution in [0.1, 0.15) is 13.3 Å². The molecule has 0 amide bonds. The van der Waals surface area contributed by atoms with Gasteiger partial charge in [0.15, 0.2) is 5.13 Å². The van der Waals surface area contributed by atoms with Crippen LogP contribution in [0.4, 0.5) is 5.13 Å². The quantitative estimate of drug-likeness (QED) is 0.824.